The Labute approximate surface area is 152 Å². The molecule has 0 saturated heterocycles. The van der Waals surface area contributed by atoms with E-state index in [2.05, 4.69) is 10.1 Å². The Balaban J connectivity index is 1.61. The van der Waals surface area contributed by atoms with Gasteiger partial charge in [-0.05, 0) is 24.3 Å². The average molecular weight is 381 g/mol. The Bertz CT molecular complexity index is 894. The van der Waals surface area contributed by atoms with Crippen LogP contribution in [0.5, 0.6) is 0 Å². The predicted molar refractivity (Wildman–Crippen MR) is 89.7 cm³/mol. The fourth-order valence-electron chi connectivity index (χ4n) is 2.10. The van der Waals surface area contributed by atoms with Crippen LogP contribution >= 0.6 is 23.2 Å². The van der Waals surface area contributed by atoms with Crippen LogP contribution in [0.3, 0.4) is 0 Å². The summed E-state index contributed by atoms with van der Waals surface area (Å²) in [5.41, 5.74) is 0.756. The molecule has 2 aromatic carbocycles. The van der Waals surface area contributed by atoms with Crippen LogP contribution in [-0.4, -0.2) is 16.1 Å². The maximum Gasteiger partial charge on any atom is 0.310 e. The number of nitrogens with zero attached hydrogens (tertiary/aromatic N) is 2. The lowest BCUT2D eigenvalue weighted by Crippen LogP contribution is -2.09. The van der Waals surface area contributed by atoms with Crippen LogP contribution in [0.4, 0.5) is 4.39 Å². The molecule has 0 aliphatic heterocycles. The van der Waals surface area contributed by atoms with Gasteiger partial charge in [-0.25, -0.2) is 4.39 Å². The van der Waals surface area contributed by atoms with Gasteiger partial charge in [-0.1, -0.05) is 46.6 Å². The molecule has 0 aliphatic carbocycles. The Morgan fingerprint density at radius 2 is 2.00 bits per heavy atom. The molecule has 3 aromatic rings. The third kappa shape index (κ3) is 4.35. The van der Waals surface area contributed by atoms with E-state index >= 15 is 0 Å². The number of aromatic nitrogens is 2. The highest BCUT2D eigenvalue weighted by molar-refractivity contribution is 6.31. The second-order valence-corrected chi connectivity index (χ2v) is 5.90. The van der Waals surface area contributed by atoms with Gasteiger partial charge in [-0.15, -0.1) is 0 Å². The van der Waals surface area contributed by atoms with E-state index in [1.807, 2.05) is 0 Å². The summed E-state index contributed by atoms with van der Waals surface area (Å²) in [4.78, 5) is 16.0. The van der Waals surface area contributed by atoms with Gasteiger partial charge in [0.25, 0.3) is 5.89 Å². The molecule has 0 bridgehead atoms. The monoisotopic (exact) mass is 380 g/mol. The van der Waals surface area contributed by atoms with E-state index < -0.39 is 11.8 Å². The normalized spacial score (nSPS) is 10.7. The maximum atomic E-state index is 13.7. The van der Waals surface area contributed by atoms with Crippen LogP contribution in [0.2, 0.25) is 10.0 Å². The van der Waals surface area contributed by atoms with E-state index in [0.717, 1.165) is 0 Å². The van der Waals surface area contributed by atoms with Gasteiger partial charge in [0.05, 0.1) is 6.42 Å². The highest BCUT2D eigenvalue weighted by Crippen LogP contribution is 2.21. The second kappa shape index (κ2) is 7.63. The van der Waals surface area contributed by atoms with Crippen molar-refractivity contribution in [3.05, 3.63) is 69.8 Å². The SMILES string of the molecule is O=C(Cc1c(F)cccc1Cl)OCc1nc(-c2cccc(Cl)c2)no1. The molecule has 25 heavy (non-hydrogen) atoms. The number of carbonyl (C=O) groups excluding carboxylic acids is 1. The number of esters is 1. The van der Waals surface area contributed by atoms with Gasteiger partial charge in [0, 0.05) is 21.2 Å². The highest BCUT2D eigenvalue weighted by Gasteiger charge is 2.15. The van der Waals surface area contributed by atoms with Gasteiger partial charge in [0.15, 0.2) is 6.61 Å². The molecule has 0 radical (unpaired) electrons. The quantitative estimate of drug-likeness (QED) is 0.611. The molecule has 0 spiro atoms. The first-order valence-electron chi connectivity index (χ1n) is 7.20. The standard InChI is InChI=1S/C17H11Cl2FN2O3/c18-11-4-1-3-10(7-11)17-21-15(25-22-17)9-24-16(23)8-12-13(19)5-2-6-14(12)20/h1-7H,8-9H2. The maximum absolute atomic E-state index is 13.7. The predicted octanol–water partition coefficient (Wildman–Crippen LogP) is 4.47. The molecule has 0 amide bonds. The van der Waals surface area contributed by atoms with E-state index in [1.54, 1.807) is 24.3 Å². The van der Waals surface area contributed by atoms with E-state index in [9.17, 15) is 9.18 Å². The Morgan fingerprint density at radius 1 is 1.20 bits per heavy atom. The molecule has 0 N–H and O–H groups in total. The third-order valence-electron chi connectivity index (χ3n) is 3.29. The molecular weight excluding hydrogens is 370 g/mol. The largest absolute Gasteiger partial charge is 0.455 e. The van der Waals surface area contributed by atoms with Crippen LogP contribution in [-0.2, 0) is 22.6 Å². The number of hydrogen-bond donors (Lipinski definition) is 0. The molecular formula is C17H11Cl2FN2O3. The Hall–Kier alpha value is -2.44. The number of benzene rings is 2. The average Bonchev–Trinajstić information content (AvgIpc) is 3.06. The fourth-order valence-corrected chi connectivity index (χ4v) is 2.52. The number of rotatable bonds is 5. The summed E-state index contributed by atoms with van der Waals surface area (Å²) in [6.45, 7) is -0.224. The molecule has 5 nitrogen and oxygen atoms in total. The smallest absolute Gasteiger partial charge is 0.310 e. The molecule has 128 valence electrons. The zero-order valence-corrected chi connectivity index (χ0v) is 14.2. The lowest BCUT2D eigenvalue weighted by atomic mass is 10.1. The molecule has 3 rings (SSSR count). The Kier molecular flexibility index (Phi) is 5.31. The molecule has 1 heterocycles. The minimum Gasteiger partial charge on any atom is -0.455 e. The first-order chi connectivity index (χ1) is 12.0. The van der Waals surface area contributed by atoms with Gasteiger partial charge in [-0.2, -0.15) is 4.98 Å². The Morgan fingerprint density at radius 3 is 2.76 bits per heavy atom. The first-order valence-corrected chi connectivity index (χ1v) is 7.95. The number of ether oxygens (including phenoxy) is 1. The molecule has 0 aliphatic rings. The van der Waals surface area contributed by atoms with Crippen molar-refractivity contribution in [2.45, 2.75) is 13.0 Å². The summed E-state index contributed by atoms with van der Waals surface area (Å²) in [6, 6.07) is 11.1. The zero-order chi connectivity index (χ0) is 17.8. The highest BCUT2D eigenvalue weighted by atomic mass is 35.5. The van der Waals surface area contributed by atoms with Crippen LogP contribution in [0.15, 0.2) is 47.0 Å². The topological polar surface area (TPSA) is 65.2 Å². The summed E-state index contributed by atoms with van der Waals surface area (Å²) in [5.74, 6) is -0.784. The van der Waals surface area contributed by atoms with Crippen molar-refractivity contribution in [3.63, 3.8) is 0 Å². The summed E-state index contributed by atoms with van der Waals surface area (Å²) in [6.07, 6.45) is -0.291. The van der Waals surface area contributed by atoms with Crippen LogP contribution in [0.1, 0.15) is 11.5 Å². The lowest BCUT2D eigenvalue weighted by molar-refractivity contribution is -0.144. The van der Waals surface area contributed by atoms with Crippen molar-refractivity contribution in [1.29, 1.82) is 0 Å². The number of hydrogen-bond acceptors (Lipinski definition) is 5. The fraction of sp³-hybridized carbons (Fsp3) is 0.118. The van der Waals surface area contributed by atoms with Crippen LogP contribution < -0.4 is 0 Å². The first kappa shape index (κ1) is 17.4. The summed E-state index contributed by atoms with van der Waals surface area (Å²) in [5, 5.41) is 4.50. The van der Waals surface area contributed by atoms with Crippen LogP contribution in [0, 0.1) is 5.82 Å². The van der Waals surface area contributed by atoms with Crippen molar-refractivity contribution in [2.75, 3.05) is 0 Å². The summed E-state index contributed by atoms with van der Waals surface area (Å²) in [7, 11) is 0. The minimum absolute atomic E-state index is 0.0827. The van der Waals surface area contributed by atoms with Crippen LogP contribution in [0.25, 0.3) is 11.4 Å². The van der Waals surface area contributed by atoms with Gasteiger partial charge in [0.2, 0.25) is 5.82 Å². The van der Waals surface area contributed by atoms with Gasteiger partial charge in [0.1, 0.15) is 5.82 Å². The van der Waals surface area contributed by atoms with Gasteiger partial charge in [-0.3, -0.25) is 4.79 Å². The molecule has 0 saturated carbocycles. The van der Waals surface area contributed by atoms with E-state index in [4.69, 9.17) is 32.5 Å². The van der Waals surface area contributed by atoms with E-state index in [1.165, 1.54) is 18.2 Å². The van der Waals surface area contributed by atoms with Gasteiger partial charge < -0.3 is 9.26 Å². The zero-order valence-electron chi connectivity index (χ0n) is 12.7. The molecule has 0 unspecified atom stereocenters. The minimum atomic E-state index is -0.658. The summed E-state index contributed by atoms with van der Waals surface area (Å²) < 4.78 is 23.7. The van der Waals surface area contributed by atoms with Crippen molar-refractivity contribution in [2.24, 2.45) is 0 Å². The van der Waals surface area contributed by atoms with Crippen molar-refractivity contribution in [3.8, 4) is 11.4 Å². The molecule has 0 atom stereocenters. The second-order valence-electron chi connectivity index (χ2n) is 5.06. The van der Waals surface area contributed by atoms with E-state index in [0.29, 0.717) is 16.4 Å². The summed E-state index contributed by atoms with van der Waals surface area (Å²) >= 11 is 11.8. The van der Waals surface area contributed by atoms with Crippen molar-refractivity contribution in [1.82, 2.24) is 10.1 Å². The van der Waals surface area contributed by atoms with Crippen molar-refractivity contribution < 1.29 is 18.4 Å². The molecule has 0 fully saturated rings. The number of carbonyl (C=O) groups is 1. The van der Waals surface area contributed by atoms with Gasteiger partial charge >= 0.3 is 5.97 Å². The van der Waals surface area contributed by atoms with E-state index in [-0.39, 0.29) is 29.5 Å². The number of halogens is 3. The molecule has 8 heteroatoms. The lowest BCUT2D eigenvalue weighted by Gasteiger charge is -2.05. The third-order valence-corrected chi connectivity index (χ3v) is 3.88. The molecule has 1 aromatic heterocycles. The van der Waals surface area contributed by atoms with Crippen molar-refractivity contribution >= 4 is 29.2 Å².